The number of nitrogens with one attached hydrogen (secondary N) is 2. The smallest absolute Gasteiger partial charge is 0.238 e. The fourth-order valence-corrected chi connectivity index (χ4v) is 3.44. The number of halogens is 1. The van der Waals surface area contributed by atoms with E-state index in [4.69, 9.17) is 11.6 Å². The molecule has 0 atom stereocenters. The SMILES string of the molecule is C=CCN(CC(=O)Nc1cccc(NC(C)=O)c1)Cc1ccc(Cl)s1. The van der Waals surface area contributed by atoms with Crippen LogP contribution in [0, 0.1) is 0 Å². The number of hydrogen-bond acceptors (Lipinski definition) is 4. The lowest BCUT2D eigenvalue weighted by atomic mass is 10.2. The Kier molecular flexibility index (Phi) is 7.18. The van der Waals surface area contributed by atoms with Crippen molar-refractivity contribution in [2.45, 2.75) is 13.5 Å². The molecule has 2 rings (SSSR count). The minimum absolute atomic E-state index is 0.135. The molecule has 2 amide bonds. The van der Waals surface area contributed by atoms with E-state index in [0.717, 1.165) is 9.21 Å². The monoisotopic (exact) mass is 377 g/mol. The van der Waals surface area contributed by atoms with Gasteiger partial charge in [-0.05, 0) is 30.3 Å². The largest absolute Gasteiger partial charge is 0.326 e. The highest BCUT2D eigenvalue weighted by molar-refractivity contribution is 7.16. The Balaban J connectivity index is 1.96. The van der Waals surface area contributed by atoms with Gasteiger partial charge in [0.25, 0.3) is 0 Å². The molecule has 0 aliphatic rings. The molecule has 0 bridgehead atoms. The zero-order chi connectivity index (χ0) is 18.2. The van der Waals surface area contributed by atoms with Crippen LogP contribution in [0.15, 0.2) is 49.1 Å². The lowest BCUT2D eigenvalue weighted by molar-refractivity contribution is -0.117. The molecular formula is C18H20ClN3O2S. The summed E-state index contributed by atoms with van der Waals surface area (Å²) in [6.07, 6.45) is 1.76. The van der Waals surface area contributed by atoms with Crippen LogP contribution >= 0.6 is 22.9 Å². The Morgan fingerprint density at radius 2 is 1.96 bits per heavy atom. The predicted octanol–water partition coefficient (Wildman–Crippen LogP) is 3.99. The van der Waals surface area contributed by atoms with Gasteiger partial charge in [0.15, 0.2) is 0 Å². The second-order valence-corrected chi connectivity index (χ2v) is 7.27. The Morgan fingerprint density at radius 3 is 2.56 bits per heavy atom. The Morgan fingerprint density at radius 1 is 1.24 bits per heavy atom. The van der Waals surface area contributed by atoms with Crippen LogP contribution in [0.2, 0.25) is 4.34 Å². The molecule has 0 saturated heterocycles. The van der Waals surface area contributed by atoms with Gasteiger partial charge in [-0.2, -0.15) is 0 Å². The second kappa shape index (κ2) is 9.36. The van der Waals surface area contributed by atoms with Gasteiger partial charge in [-0.3, -0.25) is 14.5 Å². The van der Waals surface area contributed by atoms with E-state index >= 15 is 0 Å². The van der Waals surface area contributed by atoms with Gasteiger partial charge in [0.05, 0.1) is 10.9 Å². The second-order valence-electron chi connectivity index (χ2n) is 5.47. The van der Waals surface area contributed by atoms with E-state index in [1.807, 2.05) is 17.0 Å². The summed E-state index contributed by atoms with van der Waals surface area (Å²) in [6.45, 7) is 6.63. The van der Waals surface area contributed by atoms with Crippen molar-refractivity contribution in [1.82, 2.24) is 4.90 Å². The van der Waals surface area contributed by atoms with Crippen molar-refractivity contribution >= 4 is 46.1 Å². The number of rotatable bonds is 8. The normalized spacial score (nSPS) is 10.5. The van der Waals surface area contributed by atoms with E-state index in [-0.39, 0.29) is 18.4 Å². The third-order valence-corrected chi connectivity index (χ3v) is 4.45. The highest BCUT2D eigenvalue weighted by Crippen LogP contribution is 2.22. The first-order valence-electron chi connectivity index (χ1n) is 7.71. The molecule has 0 radical (unpaired) electrons. The summed E-state index contributed by atoms with van der Waals surface area (Å²) in [4.78, 5) is 26.5. The first-order chi connectivity index (χ1) is 12.0. The lowest BCUT2D eigenvalue weighted by Crippen LogP contribution is -2.32. The van der Waals surface area contributed by atoms with E-state index in [9.17, 15) is 9.59 Å². The van der Waals surface area contributed by atoms with Gasteiger partial charge >= 0.3 is 0 Å². The summed E-state index contributed by atoms with van der Waals surface area (Å²) in [7, 11) is 0. The highest BCUT2D eigenvalue weighted by atomic mass is 35.5. The number of benzene rings is 1. The molecule has 25 heavy (non-hydrogen) atoms. The molecule has 0 aliphatic carbocycles. The van der Waals surface area contributed by atoms with Gasteiger partial charge < -0.3 is 10.6 Å². The van der Waals surface area contributed by atoms with Gasteiger partial charge in [0.2, 0.25) is 11.8 Å². The molecule has 7 heteroatoms. The van der Waals surface area contributed by atoms with Crippen LogP contribution in [0.3, 0.4) is 0 Å². The minimum Gasteiger partial charge on any atom is -0.326 e. The van der Waals surface area contributed by atoms with Crippen molar-refractivity contribution < 1.29 is 9.59 Å². The van der Waals surface area contributed by atoms with Crippen molar-refractivity contribution in [2.24, 2.45) is 0 Å². The van der Waals surface area contributed by atoms with Crippen LogP contribution in [0.25, 0.3) is 0 Å². The Labute approximate surface area is 156 Å². The number of nitrogens with zero attached hydrogens (tertiary/aromatic N) is 1. The number of carbonyl (C=O) groups excluding carboxylic acids is 2. The average Bonchev–Trinajstić information content (AvgIpc) is 2.92. The molecule has 0 fully saturated rings. The number of hydrogen-bond donors (Lipinski definition) is 2. The van der Waals surface area contributed by atoms with E-state index in [1.54, 1.807) is 30.3 Å². The first kappa shape index (κ1) is 19.2. The molecule has 1 aromatic carbocycles. The molecule has 0 saturated carbocycles. The van der Waals surface area contributed by atoms with E-state index in [1.165, 1.54) is 18.3 Å². The van der Waals surface area contributed by atoms with E-state index < -0.39 is 0 Å². The zero-order valence-electron chi connectivity index (χ0n) is 13.9. The molecule has 1 aromatic heterocycles. The van der Waals surface area contributed by atoms with Gasteiger partial charge in [-0.25, -0.2) is 0 Å². The van der Waals surface area contributed by atoms with Crippen LogP contribution in [-0.4, -0.2) is 29.8 Å². The van der Waals surface area contributed by atoms with Gasteiger partial charge in [0, 0.05) is 36.3 Å². The fourth-order valence-electron chi connectivity index (χ4n) is 2.31. The Hall–Kier alpha value is -2.15. The van der Waals surface area contributed by atoms with Crippen LogP contribution in [-0.2, 0) is 16.1 Å². The number of carbonyl (C=O) groups is 2. The lowest BCUT2D eigenvalue weighted by Gasteiger charge is -2.19. The molecule has 0 aliphatic heterocycles. The van der Waals surface area contributed by atoms with Gasteiger partial charge in [-0.1, -0.05) is 23.7 Å². The maximum Gasteiger partial charge on any atom is 0.238 e. The zero-order valence-corrected chi connectivity index (χ0v) is 15.5. The molecular weight excluding hydrogens is 358 g/mol. The van der Waals surface area contributed by atoms with Crippen molar-refractivity contribution in [1.29, 1.82) is 0 Å². The number of anilines is 2. The van der Waals surface area contributed by atoms with Gasteiger partial charge in [-0.15, -0.1) is 17.9 Å². The quantitative estimate of drug-likeness (QED) is 0.684. The predicted molar refractivity (Wildman–Crippen MR) is 104 cm³/mol. The maximum absolute atomic E-state index is 12.3. The van der Waals surface area contributed by atoms with E-state index in [2.05, 4.69) is 17.2 Å². The fraction of sp³-hybridized carbons (Fsp3) is 0.222. The standard InChI is InChI=1S/C18H20ClN3O2S/c1-3-9-22(11-16-7-8-17(19)25-16)12-18(24)21-15-6-4-5-14(10-15)20-13(2)23/h3-8,10H,1,9,11-12H2,2H3,(H,20,23)(H,21,24). The first-order valence-corrected chi connectivity index (χ1v) is 8.90. The third kappa shape index (κ3) is 6.70. The summed E-state index contributed by atoms with van der Waals surface area (Å²) in [6, 6.07) is 10.8. The third-order valence-electron chi connectivity index (χ3n) is 3.23. The van der Waals surface area contributed by atoms with Crippen LogP contribution < -0.4 is 10.6 Å². The van der Waals surface area contributed by atoms with Crippen molar-refractivity contribution in [3.63, 3.8) is 0 Å². The minimum atomic E-state index is -0.157. The van der Waals surface area contributed by atoms with Crippen LogP contribution in [0.5, 0.6) is 0 Å². The summed E-state index contributed by atoms with van der Waals surface area (Å²) in [5.74, 6) is -0.292. The Bertz CT molecular complexity index is 760. The van der Waals surface area contributed by atoms with Crippen LogP contribution in [0.1, 0.15) is 11.8 Å². The van der Waals surface area contributed by atoms with Crippen molar-refractivity contribution in [3.05, 3.63) is 58.3 Å². The molecule has 0 spiro atoms. The molecule has 1 heterocycles. The number of amides is 2. The maximum atomic E-state index is 12.3. The average molecular weight is 378 g/mol. The van der Waals surface area contributed by atoms with Crippen molar-refractivity contribution in [2.75, 3.05) is 23.7 Å². The number of thiophene rings is 1. The summed E-state index contributed by atoms with van der Waals surface area (Å²) < 4.78 is 0.729. The topological polar surface area (TPSA) is 61.4 Å². The summed E-state index contributed by atoms with van der Waals surface area (Å²) in [5.41, 5.74) is 1.27. The molecule has 2 aromatic rings. The van der Waals surface area contributed by atoms with Gasteiger partial charge in [0.1, 0.15) is 0 Å². The summed E-state index contributed by atoms with van der Waals surface area (Å²) in [5, 5.41) is 5.54. The molecule has 5 nitrogen and oxygen atoms in total. The van der Waals surface area contributed by atoms with Crippen molar-refractivity contribution in [3.8, 4) is 0 Å². The van der Waals surface area contributed by atoms with Crippen LogP contribution in [0.4, 0.5) is 11.4 Å². The highest BCUT2D eigenvalue weighted by Gasteiger charge is 2.12. The van der Waals surface area contributed by atoms with E-state index in [0.29, 0.717) is 24.5 Å². The molecule has 0 unspecified atom stereocenters. The summed E-state index contributed by atoms with van der Waals surface area (Å²) >= 11 is 7.45. The molecule has 2 N–H and O–H groups in total. The molecule has 132 valence electrons.